The molecule has 1 aromatic carbocycles. The summed E-state index contributed by atoms with van der Waals surface area (Å²) < 4.78 is 0. The molecule has 0 unspecified atom stereocenters. The van der Waals surface area contributed by atoms with E-state index in [1.165, 1.54) is 62.1 Å². The van der Waals surface area contributed by atoms with Gasteiger partial charge in [-0.3, -0.25) is 4.98 Å². The number of hydrogen-bond donors (Lipinski definition) is 1. The lowest BCUT2D eigenvalue weighted by atomic mass is 9.77. The Labute approximate surface area is 126 Å². The molecule has 0 radical (unpaired) electrons. The number of anilines is 1. The average molecular weight is 281 g/mol. The second-order valence-electron chi connectivity index (χ2n) is 6.71. The van der Waals surface area contributed by atoms with Gasteiger partial charge in [0.2, 0.25) is 0 Å². The number of aromatic nitrogens is 1. The Bertz CT molecular complexity index is 649. The van der Waals surface area contributed by atoms with Crippen molar-refractivity contribution in [3.8, 4) is 0 Å². The molecule has 4 rings (SSSR count). The van der Waals surface area contributed by atoms with Crippen molar-refractivity contribution in [3.05, 3.63) is 36.0 Å². The molecular weight excluding hydrogens is 258 g/mol. The number of aryl methyl sites for hydroxylation is 1. The molecule has 0 atom stereocenters. The van der Waals surface area contributed by atoms with Gasteiger partial charge in [-0.2, -0.15) is 0 Å². The topological polar surface area (TPSA) is 28.2 Å². The lowest BCUT2D eigenvalue weighted by Gasteiger charge is -2.40. The van der Waals surface area contributed by atoms with Crippen LogP contribution < -0.4 is 10.2 Å². The average Bonchev–Trinajstić information content (AvgIpc) is 2.97. The fourth-order valence-corrected chi connectivity index (χ4v) is 4.03. The number of benzene rings is 1. The van der Waals surface area contributed by atoms with Gasteiger partial charge >= 0.3 is 0 Å². The third kappa shape index (κ3) is 2.20. The summed E-state index contributed by atoms with van der Waals surface area (Å²) in [4.78, 5) is 7.13. The second kappa shape index (κ2) is 4.99. The first kappa shape index (κ1) is 13.1. The molecule has 2 aliphatic heterocycles. The summed E-state index contributed by atoms with van der Waals surface area (Å²) in [7, 11) is 0. The number of piperidine rings is 1. The van der Waals surface area contributed by atoms with Gasteiger partial charge in [0.25, 0.3) is 0 Å². The molecule has 3 heteroatoms. The van der Waals surface area contributed by atoms with Crippen LogP contribution in [0.25, 0.3) is 10.9 Å². The molecule has 1 aromatic heterocycles. The molecule has 3 heterocycles. The number of nitrogens with one attached hydrogen (secondary N) is 1. The van der Waals surface area contributed by atoms with E-state index in [9.17, 15) is 0 Å². The van der Waals surface area contributed by atoms with E-state index in [0.717, 1.165) is 5.52 Å². The lowest BCUT2D eigenvalue weighted by Crippen LogP contribution is -2.41. The Morgan fingerprint density at radius 1 is 1.14 bits per heavy atom. The fourth-order valence-electron chi connectivity index (χ4n) is 4.03. The summed E-state index contributed by atoms with van der Waals surface area (Å²) >= 11 is 0. The van der Waals surface area contributed by atoms with Crippen LogP contribution in [0.1, 0.15) is 24.8 Å². The van der Waals surface area contributed by atoms with E-state index in [0.29, 0.717) is 5.41 Å². The van der Waals surface area contributed by atoms with Crippen LogP contribution in [0.2, 0.25) is 0 Å². The van der Waals surface area contributed by atoms with E-state index in [4.69, 9.17) is 0 Å². The third-order valence-electron chi connectivity index (χ3n) is 5.45. The Morgan fingerprint density at radius 2 is 2.00 bits per heavy atom. The maximum Gasteiger partial charge on any atom is 0.0751 e. The monoisotopic (exact) mass is 281 g/mol. The fraction of sp³-hybridized carbons (Fsp3) is 0.500. The molecule has 2 fully saturated rings. The van der Waals surface area contributed by atoms with Gasteiger partial charge in [0, 0.05) is 36.9 Å². The van der Waals surface area contributed by atoms with E-state index in [2.05, 4.69) is 46.4 Å². The summed E-state index contributed by atoms with van der Waals surface area (Å²) in [6.07, 6.45) is 5.95. The van der Waals surface area contributed by atoms with E-state index in [1.54, 1.807) is 0 Å². The Hall–Kier alpha value is -1.61. The van der Waals surface area contributed by atoms with Crippen molar-refractivity contribution in [1.29, 1.82) is 0 Å². The smallest absolute Gasteiger partial charge is 0.0751 e. The van der Waals surface area contributed by atoms with Crippen LogP contribution in [0.4, 0.5) is 5.69 Å². The minimum absolute atomic E-state index is 0.579. The molecule has 21 heavy (non-hydrogen) atoms. The van der Waals surface area contributed by atoms with Gasteiger partial charge in [0.15, 0.2) is 0 Å². The van der Waals surface area contributed by atoms with Gasteiger partial charge in [-0.1, -0.05) is 18.2 Å². The summed E-state index contributed by atoms with van der Waals surface area (Å²) in [5, 5.41) is 4.85. The first-order valence-corrected chi connectivity index (χ1v) is 8.08. The van der Waals surface area contributed by atoms with Crippen molar-refractivity contribution < 1.29 is 0 Å². The lowest BCUT2D eigenvalue weighted by molar-refractivity contribution is 0.247. The van der Waals surface area contributed by atoms with Crippen molar-refractivity contribution in [1.82, 2.24) is 10.3 Å². The first-order valence-electron chi connectivity index (χ1n) is 8.08. The predicted octanol–water partition coefficient (Wildman–Crippen LogP) is 3.12. The molecule has 2 aliphatic rings. The highest BCUT2D eigenvalue weighted by Crippen LogP contribution is 2.39. The third-order valence-corrected chi connectivity index (χ3v) is 5.45. The Kier molecular flexibility index (Phi) is 3.11. The van der Waals surface area contributed by atoms with Crippen LogP contribution in [0, 0.1) is 12.3 Å². The highest BCUT2D eigenvalue weighted by Gasteiger charge is 2.37. The SMILES string of the molecule is Cc1cccc2c(N3CCC4(CCNC4)CC3)ccnc12. The second-order valence-corrected chi connectivity index (χ2v) is 6.71. The molecule has 110 valence electrons. The van der Waals surface area contributed by atoms with Crippen LogP contribution in [0.15, 0.2) is 30.5 Å². The summed E-state index contributed by atoms with van der Waals surface area (Å²) in [5.74, 6) is 0. The first-order chi connectivity index (χ1) is 10.3. The molecule has 2 aromatic rings. The van der Waals surface area contributed by atoms with Gasteiger partial charge in [0.1, 0.15) is 0 Å². The quantitative estimate of drug-likeness (QED) is 0.870. The number of nitrogens with zero attached hydrogens (tertiary/aromatic N) is 2. The molecule has 0 amide bonds. The molecular formula is C18H23N3. The summed E-state index contributed by atoms with van der Waals surface area (Å²) in [6, 6.07) is 8.70. The maximum atomic E-state index is 4.57. The van der Waals surface area contributed by atoms with Crippen LogP contribution in [0.5, 0.6) is 0 Å². The van der Waals surface area contributed by atoms with Gasteiger partial charge in [-0.25, -0.2) is 0 Å². The number of rotatable bonds is 1. The predicted molar refractivity (Wildman–Crippen MR) is 87.8 cm³/mol. The maximum absolute atomic E-state index is 4.57. The van der Waals surface area contributed by atoms with Crippen molar-refractivity contribution >= 4 is 16.6 Å². The largest absolute Gasteiger partial charge is 0.371 e. The number of pyridine rings is 1. The normalized spacial score (nSPS) is 21.3. The molecule has 1 N–H and O–H groups in total. The van der Waals surface area contributed by atoms with Gasteiger partial charge in [-0.15, -0.1) is 0 Å². The molecule has 0 aliphatic carbocycles. The molecule has 1 spiro atoms. The molecule has 0 saturated carbocycles. The zero-order valence-electron chi connectivity index (χ0n) is 12.7. The standard InChI is InChI=1S/C18H23N3/c1-14-3-2-4-15-16(5-9-20-17(14)15)21-11-7-18(8-12-21)6-10-19-13-18/h2-5,9,19H,6-8,10-13H2,1H3. The zero-order valence-corrected chi connectivity index (χ0v) is 12.7. The zero-order chi connectivity index (χ0) is 14.3. The minimum Gasteiger partial charge on any atom is -0.371 e. The Morgan fingerprint density at radius 3 is 2.76 bits per heavy atom. The summed E-state index contributed by atoms with van der Waals surface area (Å²) in [5.41, 5.74) is 4.36. The molecule has 3 nitrogen and oxygen atoms in total. The van der Waals surface area contributed by atoms with Crippen molar-refractivity contribution in [2.45, 2.75) is 26.2 Å². The number of hydrogen-bond acceptors (Lipinski definition) is 3. The van der Waals surface area contributed by atoms with Crippen molar-refractivity contribution in [2.75, 3.05) is 31.1 Å². The Balaban J connectivity index is 1.64. The van der Waals surface area contributed by atoms with Gasteiger partial charge in [0.05, 0.1) is 5.52 Å². The van der Waals surface area contributed by atoms with E-state index >= 15 is 0 Å². The highest BCUT2D eigenvalue weighted by molar-refractivity contribution is 5.93. The molecule has 2 saturated heterocycles. The van der Waals surface area contributed by atoms with E-state index in [1.807, 2.05) is 6.20 Å². The van der Waals surface area contributed by atoms with Crippen LogP contribution in [-0.2, 0) is 0 Å². The van der Waals surface area contributed by atoms with Crippen LogP contribution in [-0.4, -0.2) is 31.2 Å². The minimum atomic E-state index is 0.579. The summed E-state index contributed by atoms with van der Waals surface area (Å²) in [6.45, 7) is 6.92. The highest BCUT2D eigenvalue weighted by atomic mass is 15.1. The van der Waals surface area contributed by atoms with E-state index < -0.39 is 0 Å². The van der Waals surface area contributed by atoms with Gasteiger partial charge < -0.3 is 10.2 Å². The van der Waals surface area contributed by atoms with Crippen molar-refractivity contribution in [2.24, 2.45) is 5.41 Å². The van der Waals surface area contributed by atoms with E-state index in [-0.39, 0.29) is 0 Å². The number of fused-ring (bicyclic) bond motifs is 1. The van der Waals surface area contributed by atoms with Gasteiger partial charge in [-0.05, 0) is 49.8 Å². The molecule has 0 bridgehead atoms. The van der Waals surface area contributed by atoms with Crippen LogP contribution >= 0.6 is 0 Å². The van der Waals surface area contributed by atoms with Crippen LogP contribution in [0.3, 0.4) is 0 Å². The number of para-hydroxylation sites is 1. The van der Waals surface area contributed by atoms with Crippen molar-refractivity contribution in [3.63, 3.8) is 0 Å².